The first-order valence-corrected chi connectivity index (χ1v) is 18.7. The van der Waals surface area contributed by atoms with Gasteiger partial charge in [-0.1, -0.05) is 146 Å². The molecule has 0 fully saturated rings. The Morgan fingerprint density at radius 1 is 0.268 bits per heavy atom. The van der Waals surface area contributed by atoms with E-state index in [4.69, 9.17) is 23.8 Å². The van der Waals surface area contributed by atoms with Crippen molar-refractivity contribution in [3.05, 3.63) is 188 Å². The minimum atomic E-state index is 0.587. The maximum atomic E-state index is 6.53. The monoisotopic (exact) mass is 717 g/mol. The zero-order valence-corrected chi connectivity index (χ0v) is 30.1. The molecular formula is C51H31N3O2. The molecule has 0 spiro atoms. The summed E-state index contributed by atoms with van der Waals surface area (Å²) in [6.07, 6.45) is 0. The van der Waals surface area contributed by atoms with Gasteiger partial charge in [-0.3, -0.25) is 0 Å². The van der Waals surface area contributed by atoms with Gasteiger partial charge in [0.15, 0.2) is 17.5 Å². The van der Waals surface area contributed by atoms with Crippen LogP contribution in [-0.2, 0) is 0 Å². The Morgan fingerprint density at radius 2 is 0.750 bits per heavy atom. The standard InChI is InChI=1S/C51H31N3O2/c1-4-12-32(13-5-1)33-20-22-34(23-21-33)39-29-42(48-41-18-10-11-19-44(41)56-47(48)31-39)37-25-27-45-43(28-37)40-26-24-38(30-46(40)55-45)51-53-49(35-14-6-2-7-15-35)52-50(54-51)36-16-8-3-9-17-36/h1-31H. The SMILES string of the molecule is c1ccc(-c2ccc(-c3cc(-c4ccc5oc6cc(-c7nc(-c8ccccc8)nc(-c8ccccc8)n7)ccc6c5c4)c4c(c3)oc3ccccc34)cc2)cc1. The third-order valence-corrected chi connectivity index (χ3v) is 10.5. The molecule has 3 heterocycles. The Bertz CT molecular complexity index is 3170. The molecule has 0 saturated carbocycles. The van der Waals surface area contributed by atoms with Crippen LogP contribution in [0.1, 0.15) is 0 Å². The van der Waals surface area contributed by atoms with Gasteiger partial charge in [-0.25, -0.2) is 15.0 Å². The average molecular weight is 718 g/mol. The Balaban J connectivity index is 1.03. The van der Waals surface area contributed by atoms with Crippen molar-refractivity contribution in [2.75, 3.05) is 0 Å². The van der Waals surface area contributed by atoms with E-state index in [1.807, 2.05) is 84.9 Å². The molecule has 8 aromatic carbocycles. The predicted octanol–water partition coefficient (Wildman–Crippen LogP) is 13.7. The third kappa shape index (κ3) is 5.53. The number of nitrogens with zero attached hydrogens (tertiary/aromatic N) is 3. The molecule has 0 bridgehead atoms. The molecule has 262 valence electrons. The minimum absolute atomic E-state index is 0.587. The molecule has 3 aromatic heterocycles. The summed E-state index contributed by atoms with van der Waals surface area (Å²) in [7, 11) is 0. The molecule has 11 aromatic rings. The second-order valence-corrected chi connectivity index (χ2v) is 14.0. The molecule has 11 rings (SSSR count). The average Bonchev–Trinajstić information content (AvgIpc) is 3.84. The summed E-state index contributed by atoms with van der Waals surface area (Å²) in [6.45, 7) is 0. The highest BCUT2D eigenvalue weighted by Gasteiger charge is 2.18. The molecule has 0 aliphatic heterocycles. The van der Waals surface area contributed by atoms with Gasteiger partial charge in [0.1, 0.15) is 22.3 Å². The maximum Gasteiger partial charge on any atom is 0.164 e. The van der Waals surface area contributed by atoms with Gasteiger partial charge in [0.2, 0.25) is 0 Å². The van der Waals surface area contributed by atoms with Crippen molar-refractivity contribution < 1.29 is 8.83 Å². The molecule has 0 aliphatic rings. The molecule has 0 saturated heterocycles. The number of aromatic nitrogens is 3. The first-order chi connectivity index (χ1) is 27.7. The Kier molecular flexibility index (Phi) is 7.42. The highest BCUT2D eigenvalue weighted by molar-refractivity contribution is 6.15. The van der Waals surface area contributed by atoms with Crippen LogP contribution < -0.4 is 0 Å². The summed E-state index contributed by atoms with van der Waals surface area (Å²) in [5.74, 6) is 1.83. The smallest absolute Gasteiger partial charge is 0.164 e. The fourth-order valence-corrected chi connectivity index (χ4v) is 7.76. The van der Waals surface area contributed by atoms with Crippen LogP contribution in [0, 0.1) is 0 Å². The van der Waals surface area contributed by atoms with E-state index in [0.717, 1.165) is 82.8 Å². The van der Waals surface area contributed by atoms with Crippen molar-refractivity contribution >= 4 is 43.9 Å². The Hall–Kier alpha value is -7.63. The summed E-state index contributed by atoms with van der Waals surface area (Å²) in [5.41, 5.74) is 12.8. The lowest BCUT2D eigenvalue weighted by Gasteiger charge is -2.10. The zero-order chi connectivity index (χ0) is 37.0. The van der Waals surface area contributed by atoms with Crippen molar-refractivity contribution in [2.45, 2.75) is 0 Å². The number of rotatable bonds is 6. The van der Waals surface area contributed by atoms with E-state index in [1.54, 1.807) is 0 Å². The number of hydrogen-bond donors (Lipinski definition) is 0. The summed E-state index contributed by atoms with van der Waals surface area (Å²) < 4.78 is 13.0. The van der Waals surface area contributed by atoms with Crippen LogP contribution in [0.4, 0.5) is 0 Å². The van der Waals surface area contributed by atoms with E-state index < -0.39 is 0 Å². The topological polar surface area (TPSA) is 65.0 Å². The van der Waals surface area contributed by atoms with E-state index in [2.05, 4.69) is 103 Å². The molecular weight excluding hydrogens is 687 g/mol. The van der Waals surface area contributed by atoms with E-state index in [1.165, 1.54) is 11.1 Å². The number of hydrogen-bond acceptors (Lipinski definition) is 5. The lowest BCUT2D eigenvalue weighted by molar-refractivity contribution is 0.669. The summed E-state index contributed by atoms with van der Waals surface area (Å²) in [4.78, 5) is 14.7. The van der Waals surface area contributed by atoms with Crippen molar-refractivity contribution in [3.63, 3.8) is 0 Å². The summed E-state index contributed by atoms with van der Waals surface area (Å²) >= 11 is 0. The number of para-hydroxylation sites is 1. The molecule has 0 unspecified atom stereocenters. The predicted molar refractivity (Wildman–Crippen MR) is 227 cm³/mol. The second kappa shape index (κ2) is 13.0. The Labute approximate surface area is 322 Å². The van der Waals surface area contributed by atoms with Crippen LogP contribution in [0.3, 0.4) is 0 Å². The molecule has 0 radical (unpaired) electrons. The van der Waals surface area contributed by atoms with Gasteiger partial charge in [0.05, 0.1) is 0 Å². The maximum absolute atomic E-state index is 6.53. The third-order valence-electron chi connectivity index (χ3n) is 10.5. The highest BCUT2D eigenvalue weighted by atomic mass is 16.3. The highest BCUT2D eigenvalue weighted by Crippen LogP contribution is 2.42. The van der Waals surface area contributed by atoms with Gasteiger partial charge < -0.3 is 8.83 Å². The fraction of sp³-hybridized carbons (Fsp3) is 0. The normalized spacial score (nSPS) is 11.6. The van der Waals surface area contributed by atoms with Gasteiger partial charge in [0, 0.05) is 38.2 Å². The van der Waals surface area contributed by atoms with Crippen LogP contribution in [-0.4, -0.2) is 15.0 Å². The van der Waals surface area contributed by atoms with Gasteiger partial charge in [0.25, 0.3) is 0 Å². The molecule has 56 heavy (non-hydrogen) atoms. The largest absolute Gasteiger partial charge is 0.456 e. The number of furan rings is 2. The van der Waals surface area contributed by atoms with Crippen LogP contribution in [0.5, 0.6) is 0 Å². The lowest BCUT2D eigenvalue weighted by atomic mass is 9.93. The molecule has 5 heteroatoms. The Morgan fingerprint density at radius 3 is 1.43 bits per heavy atom. The molecule has 0 atom stereocenters. The van der Waals surface area contributed by atoms with Crippen LogP contribution in [0.2, 0.25) is 0 Å². The van der Waals surface area contributed by atoms with E-state index >= 15 is 0 Å². The quantitative estimate of drug-likeness (QED) is 0.171. The fourth-order valence-electron chi connectivity index (χ4n) is 7.76. The van der Waals surface area contributed by atoms with Crippen molar-refractivity contribution in [2.24, 2.45) is 0 Å². The summed E-state index contributed by atoms with van der Waals surface area (Å²) in [6, 6.07) is 64.7. The van der Waals surface area contributed by atoms with Gasteiger partial charge in [-0.15, -0.1) is 0 Å². The first kappa shape index (κ1) is 31.9. The van der Waals surface area contributed by atoms with E-state index in [9.17, 15) is 0 Å². The number of benzene rings is 8. The zero-order valence-electron chi connectivity index (χ0n) is 30.1. The first-order valence-electron chi connectivity index (χ1n) is 18.7. The van der Waals surface area contributed by atoms with E-state index in [0.29, 0.717) is 17.5 Å². The van der Waals surface area contributed by atoms with Gasteiger partial charge >= 0.3 is 0 Å². The second-order valence-electron chi connectivity index (χ2n) is 14.0. The molecule has 0 aliphatic carbocycles. The van der Waals surface area contributed by atoms with Crippen LogP contribution in [0.15, 0.2) is 197 Å². The number of fused-ring (bicyclic) bond motifs is 6. The van der Waals surface area contributed by atoms with Gasteiger partial charge in [-0.05, 0) is 75.8 Å². The van der Waals surface area contributed by atoms with Crippen molar-refractivity contribution in [1.29, 1.82) is 0 Å². The summed E-state index contributed by atoms with van der Waals surface area (Å²) in [5, 5.41) is 4.24. The van der Waals surface area contributed by atoms with Crippen molar-refractivity contribution in [1.82, 2.24) is 15.0 Å². The molecule has 0 amide bonds. The van der Waals surface area contributed by atoms with Crippen LogP contribution >= 0.6 is 0 Å². The molecule has 5 nitrogen and oxygen atoms in total. The van der Waals surface area contributed by atoms with Crippen LogP contribution in [0.25, 0.3) is 111 Å². The lowest BCUT2D eigenvalue weighted by Crippen LogP contribution is -2.00. The van der Waals surface area contributed by atoms with E-state index in [-0.39, 0.29) is 0 Å². The molecule has 0 N–H and O–H groups in total. The van der Waals surface area contributed by atoms with Crippen molar-refractivity contribution in [3.8, 4) is 67.5 Å². The van der Waals surface area contributed by atoms with Gasteiger partial charge in [-0.2, -0.15) is 0 Å². The minimum Gasteiger partial charge on any atom is -0.456 e.